The van der Waals surface area contributed by atoms with Gasteiger partial charge in [-0.2, -0.15) is 0 Å². The lowest BCUT2D eigenvalue weighted by atomic mass is 9.87. The molecule has 0 aliphatic heterocycles. The van der Waals surface area contributed by atoms with Crippen molar-refractivity contribution in [3.8, 4) is 0 Å². The Hall–Kier alpha value is -2.93. The number of fused-ring (bicyclic) bond motifs is 1. The van der Waals surface area contributed by atoms with E-state index in [1.807, 2.05) is 36.5 Å². The molecular weight excluding hydrogens is 326 g/mol. The molecule has 0 heterocycles. The maximum Gasteiger partial charge on any atom is 0.0629 e. The predicted molar refractivity (Wildman–Crippen MR) is 118 cm³/mol. The molecule has 0 aromatic heterocycles. The first-order valence-corrected chi connectivity index (χ1v) is 9.57. The summed E-state index contributed by atoms with van der Waals surface area (Å²) in [6.45, 7) is 9.07. The zero-order valence-electron chi connectivity index (χ0n) is 16.5. The molecule has 0 fully saturated rings. The van der Waals surface area contributed by atoms with Gasteiger partial charge in [0, 0.05) is 17.7 Å². The second-order valence-corrected chi connectivity index (χ2v) is 7.41. The molecule has 1 aliphatic carbocycles. The zero-order chi connectivity index (χ0) is 19.0. The Labute approximate surface area is 161 Å². The highest BCUT2D eigenvalue weighted by atomic mass is 14.7. The molecule has 0 amide bonds. The normalized spacial score (nSPS) is 17.6. The van der Waals surface area contributed by atoms with Crippen LogP contribution in [0.4, 0.5) is 5.69 Å². The molecular formula is C26H25N. The van der Waals surface area contributed by atoms with Gasteiger partial charge < -0.3 is 0 Å². The van der Waals surface area contributed by atoms with Crippen LogP contribution in [0.25, 0.3) is 16.3 Å². The molecule has 3 aromatic rings. The lowest BCUT2D eigenvalue weighted by Gasteiger charge is -2.17. The van der Waals surface area contributed by atoms with Gasteiger partial charge in [0.1, 0.15) is 0 Å². The summed E-state index contributed by atoms with van der Waals surface area (Å²) < 4.78 is 0. The molecule has 0 saturated carbocycles. The van der Waals surface area contributed by atoms with Crippen LogP contribution in [0.2, 0.25) is 0 Å². The van der Waals surface area contributed by atoms with Crippen molar-refractivity contribution in [2.45, 2.75) is 27.7 Å². The minimum Gasteiger partial charge on any atom is -0.256 e. The summed E-state index contributed by atoms with van der Waals surface area (Å²) >= 11 is 0. The van der Waals surface area contributed by atoms with Crippen LogP contribution in [0.5, 0.6) is 0 Å². The monoisotopic (exact) mass is 351 g/mol. The van der Waals surface area contributed by atoms with Crippen LogP contribution in [0.15, 0.2) is 88.4 Å². The molecule has 3 aromatic carbocycles. The molecule has 1 atom stereocenters. The highest BCUT2D eigenvalue weighted by Crippen LogP contribution is 2.44. The summed E-state index contributed by atoms with van der Waals surface area (Å²) in [6, 6.07) is 23.3. The second kappa shape index (κ2) is 7.00. The minimum atomic E-state index is 0.440. The van der Waals surface area contributed by atoms with E-state index >= 15 is 0 Å². The fourth-order valence-corrected chi connectivity index (χ4v) is 4.12. The number of rotatable bonds is 3. The van der Waals surface area contributed by atoms with Crippen LogP contribution >= 0.6 is 0 Å². The Morgan fingerprint density at radius 2 is 1.48 bits per heavy atom. The summed E-state index contributed by atoms with van der Waals surface area (Å²) in [5.41, 5.74) is 9.23. The average molecular weight is 351 g/mol. The number of hydrogen-bond acceptors (Lipinski definition) is 1. The van der Waals surface area contributed by atoms with E-state index in [4.69, 9.17) is 4.99 Å². The molecule has 134 valence electrons. The lowest BCUT2D eigenvalue weighted by molar-refractivity contribution is 0.895. The van der Waals surface area contributed by atoms with E-state index in [0.29, 0.717) is 5.92 Å². The fourth-order valence-electron chi connectivity index (χ4n) is 4.12. The SMILES string of the molecule is CC1=C(C)C(C)C(c2ccc3ccccc3c2/C=N/c2ccccc2)=C1C. The summed E-state index contributed by atoms with van der Waals surface area (Å²) in [7, 11) is 0. The summed E-state index contributed by atoms with van der Waals surface area (Å²) in [4.78, 5) is 4.79. The van der Waals surface area contributed by atoms with Crippen molar-refractivity contribution in [1.82, 2.24) is 0 Å². The standard InChI is InChI=1S/C26H25N/c1-17-18(2)20(4)26(19(17)3)24-15-14-21-10-8-9-13-23(21)25(24)16-27-22-11-6-5-7-12-22/h5-16,19H,1-4H3/b27-16+. The molecule has 0 N–H and O–H groups in total. The quantitative estimate of drug-likeness (QED) is 0.437. The third-order valence-corrected chi connectivity index (χ3v) is 6.00. The Morgan fingerprint density at radius 1 is 0.778 bits per heavy atom. The molecule has 1 heteroatoms. The van der Waals surface area contributed by atoms with Gasteiger partial charge in [-0.3, -0.25) is 4.99 Å². The van der Waals surface area contributed by atoms with E-state index in [2.05, 4.69) is 64.1 Å². The molecule has 27 heavy (non-hydrogen) atoms. The fraction of sp³-hybridized carbons (Fsp3) is 0.192. The molecule has 4 rings (SSSR count). The van der Waals surface area contributed by atoms with Crippen molar-refractivity contribution >= 4 is 28.2 Å². The minimum absolute atomic E-state index is 0.440. The number of para-hydroxylation sites is 1. The summed E-state index contributed by atoms with van der Waals surface area (Å²) in [5, 5.41) is 2.51. The van der Waals surface area contributed by atoms with Crippen LogP contribution in [-0.2, 0) is 0 Å². The van der Waals surface area contributed by atoms with E-state index in [1.54, 1.807) is 0 Å². The third kappa shape index (κ3) is 3.04. The van der Waals surface area contributed by atoms with Crippen LogP contribution < -0.4 is 0 Å². The van der Waals surface area contributed by atoms with Crippen molar-refractivity contribution in [3.05, 3.63) is 94.6 Å². The number of hydrogen-bond donors (Lipinski definition) is 0. The van der Waals surface area contributed by atoms with E-state index in [0.717, 1.165) is 5.69 Å². The van der Waals surface area contributed by atoms with Gasteiger partial charge in [0.15, 0.2) is 0 Å². The van der Waals surface area contributed by atoms with Gasteiger partial charge in [-0.25, -0.2) is 0 Å². The number of nitrogens with zero attached hydrogens (tertiary/aromatic N) is 1. The first-order chi connectivity index (χ1) is 13.1. The first-order valence-electron chi connectivity index (χ1n) is 9.57. The molecule has 1 aliphatic rings. The third-order valence-electron chi connectivity index (χ3n) is 6.00. The van der Waals surface area contributed by atoms with Gasteiger partial charge in [-0.15, -0.1) is 0 Å². The van der Waals surface area contributed by atoms with Crippen molar-refractivity contribution in [3.63, 3.8) is 0 Å². The number of aliphatic imine (C=N–C) groups is 1. The predicted octanol–water partition coefficient (Wildman–Crippen LogP) is 7.35. The van der Waals surface area contributed by atoms with E-state index < -0.39 is 0 Å². The Bertz CT molecular complexity index is 1100. The highest BCUT2D eigenvalue weighted by Gasteiger charge is 2.26. The van der Waals surface area contributed by atoms with Crippen molar-refractivity contribution < 1.29 is 0 Å². The summed E-state index contributed by atoms with van der Waals surface area (Å²) in [5.74, 6) is 0.440. The Balaban J connectivity index is 1.93. The second-order valence-electron chi connectivity index (χ2n) is 7.41. The molecule has 0 radical (unpaired) electrons. The van der Waals surface area contributed by atoms with Gasteiger partial charge in [0.2, 0.25) is 0 Å². The maximum atomic E-state index is 4.79. The van der Waals surface area contributed by atoms with E-state index in [9.17, 15) is 0 Å². The molecule has 0 bridgehead atoms. The van der Waals surface area contributed by atoms with Crippen molar-refractivity contribution in [2.24, 2.45) is 10.9 Å². The van der Waals surface area contributed by atoms with Gasteiger partial charge in [0.25, 0.3) is 0 Å². The zero-order valence-corrected chi connectivity index (χ0v) is 16.5. The number of allylic oxidation sites excluding steroid dienone is 4. The largest absolute Gasteiger partial charge is 0.256 e. The molecule has 0 saturated heterocycles. The Kier molecular flexibility index (Phi) is 4.53. The van der Waals surface area contributed by atoms with Gasteiger partial charge >= 0.3 is 0 Å². The van der Waals surface area contributed by atoms with Gasteiger partial charge in [-0.1, -0.05) is 67.1 Å². The molecule has 1 nitrogen and oxygen atoms in total. The topological polar surface area (TPSA) is 12.4 Å². The average Bonchev–Trinajstić information content (AvgIpc) is 2.90. The molecule has 1 unspecified atom stereocenters. The van der Waals surface area contributed by atoms with Crippen molar-refractivity contribution in [2.75, 3.05) is 0 Å². The van der Waals surface area contributed by atoms with Crippen LogP contribution in [0.1, 0.15) is 38.8 Å². The Morgan fingerprint density at radius 3 is 2.19 bits per heavy atom. The van der Waals surface area contributed by atoms with Crippen molar-refractivity contribution in [1.29, 1.82) is 0 Å². The molecule has 0 spiro atoms. The highest BCUT2D eigenvalue weighted by molar-refractivity contribution is 6.06. The number of benzene rings is 3. The lowest BCUT2D eigenvalue weighted by Crippen LogP contribution is -2.01. The van der Waals surface area contributed by atoms with Gasteiger partial charge in [-0.05, 0) is 66.0 Å². The van der Waals surface area contributed by atoms with Crippen LogP contribution in [0.3, 0.4) is 0 Å². The van der Waals surface area contributed by atoms with Gasteiger partial charge in [0.05, 0.1) is 5.69 Å². The van der Waals surface area contributed by atoms with Crippen LogP contribution in [0, 0.1) is 5.92 Å². The summed E-state index contributed by atoms with van der Waals surface area (Å²) in [6.07, 6.45) is 2.04. The van der Waals surface area contributed by atoms with E-state index in [-0.39, 0.29) is 0 Å². The van der Waals surface area contributed by atoms with E-state index in [1.165, 1.54) is 44.2 Å². The smallest absolute Gasteiger partial charge is 0.0629 e. The first kappa shape index (κ1) is 17.5. The van der Waals surface area contributed by atoms with Crippen LogP contribution in [-0.4, -0.2) is 6.21 Å². The maximum absolute atomic E-state index is 4.79.